The van der Waals surface area contributed by atoms with Crippen LogP contribution >= 0.6 is 0 Å². The van der Waals surface area contributed by atoms with Crippen molar-refractivity contribution in [3.8, 4) is 11.3 Å². The van der Waals surface area contributed by atoms with Gasteiger partial charge in [0.25, 0.3) is 0 Å². The average molecular weight is 601 g/mol. The van der Waals surface area contributed by atoms with Crippen LogP contribution in [0.5, 0.6) is 0 Å². The number of nitrogens with zero attached hydrogens (tertiary/aromatic N) is 2. The molecule has 0 fully saturated rings. The standard InChI is InChI=1S/C42H49FN2/c1-7-10-15-29-20-23-34-37-31(29)25-27-45-40(37)38-32(21-24-35(43)39(38)41(34,4)5)33(42(45,8-2)9-3)22-19-28-16-11-12-17-30(28)36-18-13-14-26-44(36)6/h11-12,14,16-17,20-21,23-27,33H,7-10,13,15,18-19,22H2,1-6H3/q+2. The molecular weight excluding hydrogens is 551 g/mol. The number of unbranched alkanes of at least 4 members (excludes halogenated alkanes) is 1. The van der Waals surface area contributed by atoms with E-state index in [1.54, 1.807) is 6.07 Å². The third-order valence-corrected chi connectivity index (χ3v) is 11.8. The van der Waals surface area contributed by atoms with E-state index >= 15 is 4.39 Å². The largest absolute Gasteiger partial charge is 0.221 e. The summed E-state index contributed by atoms with van der Waals surface area (Å²) in [5.74, 6) is 0.205. The summed E-state index contributed by atoms with van der Waals surface area (Å²) in [7, 11) is 2.18. The molecule has 3 heterocycles. The van der Waals surface area contributed by atoms with Gasteiger partial charge in [-0.1, -0.05) is 77.4 Å². The van der Waals surface area contributed by atoms with Crippen LogP contribution in [0.1, 0.15) is 119 Å². The van der Waals surface area contributed by atoms with E-state index in [0.717, 1.165) is 50.5 Å². The summed E-state index contributed by atoms with van der Waals surface area (Å²) in [5, 5.41) is 2.72. The molecule has 0 spiro atoms. The highest BCUT2D eigenvalue weighted by atomic mass is 19.1. The Hall–Kier alpha value is -3.59. The molecule has 3 aromatic carbocycles. The lowest BCUT2D eigenvalue weighted by Crippen LogP contribution is -2.63. The average Bonchev–Trinajstić information content (AvgIpc) is 3.05. The molecule has 232 valence electrons. The molecule has 0 saturated carbocycles. The lowest BCUT2D eigenvalue weighted by molar-refractivity contribution is -0.762. The second-order valence-electron chi connectivity index (χ2n) is 14.3. The number of benzene rings is 3. The van der Waals surface area contributed by atoms with Crippen LogP contribution in [0.2, 0.25) is 0 Å². The van der Waals surface area contributed by atoms with E-state index in [0.29, 0.717) is 0 Å². The van der Waals surface area contributed by atoms with Gasteiger partial charge in [0.2, 0.25) is 5.69 Å². The van der Waals surface area contributed by atoms with Gasteiger partial charge in [-0.3, -0.25) is 0 Å². The first kappa shape index (κ1) is 30.1. The molecule has 4 aromatic rings. The van der Waals surface area contributed by atoms with Crippen molar-refractivity contribution in [2.75, 3.05) is 7.05 Å². The van der Waals surface area contributed by atoms with Crippen LogP contribution in [0.4, 0.5) is 4.39 Å². The van der Waals surface area contributed by atoms with E-state index < -0.39 is 5.41 Å². The van der Waals surface area contributed by atoms with E-state index in [4.69, 9.17) is 0 Å². The van der Waals surface area contributed by atoms with Crippen LogP contribution in [-0.2, 0) is 23.8 Å². The highest BCUT2D eigenvalue weighted by Gasteiger charge is 2.55. The van der Waals surface area contributed by atoms with Crippen molar-refractivity contribution in [3.63, 3.8) is 0 Å². The summed E-state index contributed by atoms with van der Waals surface area (Å²) < 4.78 is 21.2. The number of pyridine rings is 1. The third-order valence-electron chi connectivity index (χ3n) is 11.8. The first-order valence-electron chi connectivity index (χ1n) is 17.5. The number of aromatic nitrogens is 1. The van der Waals surface area contributed by atoms with Crippen molar-refractivity contribution >= 4 is 16.5 Å². The Bertz CT molecular complexity index is 1870. The minimum absolute atomic E-state index is 0.0719. The molecule has 1 aromatic heterocycles. The summed E-state index contributed by atoms with van der Waals surface area (Å²) in [6, 6.07) is 20.0. The van der Waals surface area contributed by atoms with Gasteiger partial charge in [-0.2, -0.15) is 4.57 Å². The number of rotatable bonds is 9. The van der Waals surface area contributed by atoms with Crippen molar-refractivity contribution < 1.29 is 13.5 Å². The molecule has 7 rings (SSSR count). The smallest absolute Gasteiger partial charge is 0.207 e. The minimum atomic E-state index is -0.422. The Kier molecular flexibility index (Phi) is 7.58. The molecule has 1 atom stereocenters. The zero-order valence-electron chi connectivity index (χ0n) is 28.1. The van der Waals surface area contributed by atoms with Gasteiger partial charge in [0.15, 0.2) is 23.6 Å². The molecule has 2 nitrogen and oxygen atoms in total. The molecule has 3 heteroatoms. The maximum atomic E-state index is 16.2. The van der Waals surface area contributed by atoms with Crippen molar-refractivity contribution in [2.24, 2.45) is 0 Å². The van der Waals surface area contributed by atoms with Gasteiger partial charge in [0, 0.05) is 41.9 Å². The Balaban J connectivity index is 1.44. The summed E-state index contributed by atoms with van der Waals surface area (Å²) in [6.07, 6.45) is 16.5. The Labute approximate surface area is 269 Å². The molecule has 3 aliphatic rings. The maximum Gasteiger partial charge on any atom is 0.221 e. The molecule has 0 N–H and O–H groups in total. The predicted molar refractivity (Wildman–Crippen MR) is 185 cm³/mol. The summed E-state index contributed by atoms with van der Waals surface area (Å²) >= 11 is 0. The Morgan fingerprint density at radius 3 is 2.47 bits per heavy atom. The zero-order valence-corrected chi connectivity index (χ0v) is 28.1. The number of aryl methyl sites for hydroxylation is 2. The predicted octanol–water partition coefficient (Wildman–Crippen LogP) is 9.90. The van der Waals surface area contributed by atoms with Gasteiger partial charge in [0.1, 0.15) is 12.9 Å². The van der Waals surface area contributed by atoms with Crippen LogP contribution in [0.3, 0.4) is 0 Å². The van der Waals surface area contributed by atoms with Gasteiger partial charge >= 0.3 is 0 Å². The van der Waals surface area contributed by atoms with E-state index in [1.807, 2.05) is 0 Å². The number of allylic oxidation sites excluding steroid dienone is 1. The van der Waals surface area contributed by atoms with Crippen LogP contribution < -0.4 is 4.57 Å². The Morgan fingerprint density at radius 1 is 0.911 bits per heavy atom. The molecular formula is C42H49FN2+2. The van der Waals surface area contributed by atoms with E-state index in [9.17, 15) is 0 Å². The molecule has 0 saturated heterocycles. The van der Waals surface area contributed by atoms with Gasteiger partial charge in [-0.25, -0.2) is 8.97 Å². The second-order valence-corrected chi connectivity index (χ2v) is 14.3. The molecule has 45 heavy (non-hydrogen) atoms. The SMILES string of the molecule is CCCCc1ccc2c3c4[n+](ccc13)C(CC)(CC)C(CCc1ccccc1C1=[N+](C)C=CCC1)c1ccc(F)c(c1-4)C2(C)C. The van der Waals surface area contributed by atoms with Gasteiger partial charge in [0.05, 0.1) is 16.9 Å². The van der Waals surface area contributed by atoms with Crippen LogP contribution in [-0.4, -0.2) is 17.3 Å². The molecule has 0 radical (unpaired) electrons. The lowest BCUT2D eigenvalue weighted by atomic mass is 9.61. The fourth-order valence-corrected chi connectivity index (χ4v) is 9.39. The third kappa shape index (κ3) is 4.40. The first-order chi connectivity index (χ1) is 21.8. The minimum Gasteiger partial charge on any atom is -0.207 e. The van der Waals surface area contributed by atoms with E-state index in [1.165, 1.54) is 68.4 Å². The zero-order chi connectivity index (χ0) is 31.5. The lowest BCUT2D eigenvalue weighted by Gasteiger charge is -2.45. The van der Waals surface area contributed by atoms with Crippen LogP contribution in [0.15, 0.2) is 73.1 Å². The van der Waals surface area contributed by atoms with Crippen molar-refractivity contribution in [1.82, 2.24) is 0 Å². The molecule has 0 bridgehead atoms. The molecule has 1 unspecified atom stereocenters. The molecule has 0 amide bonds. The number of hydrogen-bond donors (Lipinski definition) is 0. The molecule has 2 aliphatic heterocycles. The fraction of sp³-hybridized carbons (Fsp3) is 0.429. The van der Waals surface area contributed by atoms with Crippen LogP contribution in [0.25, 0.3) is 22.0 Å². The monoisotopic (exact) mass is 600 g/mol. The summed E-state index contributed by atoms with van der Waals surface area (Å²) in [6.45, 7) is 11.5. The topological polar surface area (TPSA) is 6.89 Å². The van der Waals surface area contributed by atoms with Crippen molar-refractivity contribution in [3.05, 3.63) is 112 Å². The summed E-state index contributed by atoms with van der Waals surface area (Å²) in [5.41, 5.74) is 11.1. The number of halogens is 1. The molecule has 1 aliphatic carbocycles. The first-order valence-corrected chi connectivity index (χ1v) is 17.5. The van der Waals surface area contributed by atoms with Crippen molar-refractivity contribution in [1.29, 1.82) is 0 Å². The normalized spacial score (nSPS) is 19.0. The quantitative estimate of drug-likeness (QED) is 0.169. The number of hydrogen-bond acceptors (Lipinski definition) is 0. The van der Waals surface area contributed by atoms with E-state index in [-0.39, 0.29) is 17.3 Å². The van der Waals surface area contributed by atoms with Crippen LogP contribution in [0, 0.1) is 5.82 Å². The highest BCUT2D eigenvalue weighted by molar-refractivity contribution is 6.03. The summed E-state index contributed by atoms with van der Waals surface area (Å²) in [4.78, 5) is 0. The van der Waals surface area contributed by atoms with Crippen molar-refractivity contribution in [2.45, 2.75) is 109 Å². The van der Waals surface area contributed by atoms with Gasteiger partial charge in [-0.05, 0) is 78.0 Å². The fourth-order valence-electron chi connectivity index (χ4n) is 9.39. The second kappa shape index (κ2) is 11.3. The van der Waals surface area contributed by atoms with Gasteiger partial charge < -0.3 is 0 Å². The van der Waals surface area contributed by atoms with Gasteiger partial charge in [-0.15, -0.1) is 0 Å². The Morgan fingerprint density at radius 2 is 1.71 bits per heavy atom. The van der Waals surface area contributed by atoms with E-state index in [2.05, 4.69) is 118 Å². The highest BCUT2D eigenvalue weighted by Crippen LogP contribution is 2.56. The maximum absolute atomic E-state index is 16.2.